The fourth-order valence-corrected chi connectivity index (χ4v) is 4.47. The number of carbonyl (C=O) groups excluding carboxylic acids is 2. The number of rotatable bonds is 5. The average molecular weight is 423 g/mol. The highest BCUT2D eigenvalue weighted by molar-refractivity contribution is 9.10. The van der Waals surface area contributed by atoms with Gasteiger partial charge in [0.15, 0.2) is 0 Å². The molecule has 0 radical (unpaired) electrons. The van der Waals surface area contributed by atoms with E-state index in [0.717, 1.165) is 28.6 Å². The molecule has 1 aliphatic carbocycles. The summed E-state index contributed by atoms with van der Waals surface area (Å²) in [5.74, 6) is 1.50. The molecule has 2 amide bonds. The van der Waals surface area contributed by atoms with Crippen molar-refractivity contribution in [1.29, 1.82) is 0 Å². The first kappa shape index (κ1) is 19.2. The Balaban J connectivity index is 1.45. The smallest absolute Gasteiger partial charge is 0.225 e. The van der Waals surface area contributed by atoms with Gasteiger partial charge in [0, 0.05) is 38.5 Å². The number of carbonyl (C=O) groups is 2. The molecule has 0 atom stereocenters. The highest BCUT2D eigenvalue weighted by atomic mass is 79.9. The third-order valence-electron chi connectivity index (χ3n) is 5.49. The van der Waals surface area contributed by atoms with Crippen LogP contribution in [-0.4, -0.2) is 54.9 Å². The van der Waals surface area contributed by atoms with Gasteiger partial charge in [0.05, 0.1) is 11.6 Å². The van der Waals surface area contributed by atoms with Crippen LogP contribution in [0.3, 0.4) is 0 Å². The molecule has 3 rings (SSSR count). The van der Waals surface area contributed by atoms with E-state index < -0.39 is 0 Å². The molecule has 26 heavy (non-hydrogen) atoms. The minimum Gasteiger partial charge on any atom is -0.496 e. The molecule has 2 fully saturated rings. The lowest BCUT2D eigenvalue weighted by Gasteiger charge is -2.36. The summed E-state index contributed by atoms with van der Waals surface area (Å²) in [4.78, 5) is 28.8. The van der Waals surface area contributed by atoms with Crippen LogP contribution in [-0.2, 0) is 16.0 Å². The van der Waals surface area contributed by atoms with E-state index in [0.29, 0.717) is 44.9 Å². The Morgan fingerprint density at radius 1 is 1.12 bits per heavy atom. The molecule has 1 aliphatic heterocycles. The number of nitrogens with zero attached hydrogens (tertiary/aromatic N) is 2. The van der Waals surface area contributed by atoms with Gasteiger partial charge in [-0.15, -0.1) is 0 Å². The van der Waals surface area contributed by atoms with Gasteiger partial charge in [0.1, 0.15) is 5.75 Å². The highest BCUT2D eigenvalue weighted by Gasteiger charge is 2.30. The topological polar surface area (TPSA) is 49.9 Å². The number of ether oxygens (including phenoxy) is 1. The average Bonchev–Trinajstić information content (AvgIpc) is 3.20. The van der Waals surface area contributed by atoms with Gasteiger partial charge in [-0.2, -0.15) is 0 Å². The van der Waals surface area contributed by atoms with Crippen molar-refractivity contribution in [3.05, 3.63) is 28.2 Å². The molecule has 1 heterocycles. The molecule has 1 saturated carbocycles. The monoisotopic (exact) mass is 422 g/mol. The maximum atomic E-state index is 12.5. The Morgan fingerprint density at radius 3 is 2.38 bits per heavy atom. The van der Waals surface area contributed by atoms with E-state index in [1.54, 1.807) is 7.11 Å². The number of hydrogen-bond donors (Lipinski definition) is 0. The van der Waals surface area contributed by atoms with Gasteiger partial charge in [0.25, 0.3) is 0 Å². The number of methoxy groups -OCH3 is 1. The van der Waals surface area contributed by atoms with Gasteiger partial charge in [0.2, 0.25) is 11.8 Å². The molecule has 0 unspecified atom stereocenters. The second kappa shape index (κ2) is 8.89. The Hall–Kier alpha value is -1.56. The van der Waals surface area contributed by atoms with Gasteiger partial charge in [-0.25, -0.2) is 0 Å². The van der Waals surface area contributed by atoms with Gasteiger partial charge in [-0.05, 0) is 52.9 Å². The maximum absolute atomic E-state index is 12.5. The fourth-order valence-electron chi connectivity index (χ4n) is 3.88. The SMILES string of the molecule is COc1ccc(CCC(=O)N2CCN(C(=O)C3CCCC3)CC2)cc1Br. The standard InChI is InChI=1S/C20H27BrN2O3/c1-26-18-8-6-15(14-17(18)21)7-9-19(24)22-10-12-23(13-11-22)20(25)16-4-2-3-5-16/h6,8,14,16H,2-5,7,9-13H2,1H3. The fraction of sp³-hybridized carbons (Fsp3) is 0.600. The van der Waals surface area contributed by atoms with Gasteiger partial charge in [-0.1, -0.05) is 18.9 Å². The number of piperazine rings is 1. The number of benzene rings is 1. The molecule has 2 aliphatic rings. The number of halogens is 1. The molecule has 1 saturated heterocycles. The van der Waals surface area contributed by atoms with Gasteiger partial charge < -0.3 is 14.5 Å². The van der Waals surface area contributed by atoms with Crippen LogP contribution in [0.25, 0.3) is 0 Å². The third kappa shape index (κ3) is 4.58. The number of amides is 2. The normalized spacial score (nSPS) is 18.2. The number of aryl methyl sites for hydroxylation is 1. The van der Waals surface area contributed by atoms with Crippen LogP contribution in [0.2, 0.25) is 0 Å². The molecule has 142 valence electrons. The minimum atomic E-state index is 0.171. The Morgan fingerprint density at radius 2 is 1.77 bits per heavy atom. The van der Waals surface area contributed by atoms with Gasteiger partial charge in [-0.3, -0.25) is 9.59 Å². The van der Waals surface area contributed by atoms with Crippen molar-refractivity contribution in [2.75, 3.05) is 33.3 Å². The first-order valence-electron chi connectivity index (χ1n) is 9.47. The largest absolute Gasteiger partial charge is 0.496 e. The summed E-state index contributed by atoms with van der Waals surface area (Å²) in [5.41, 5.74) is 1.11. The van der Waals surface area contributed by atoms with Gasteiger partial charge >= 0.3 is 0 Å². The molecule has 0 aromatic heterocycles. The summed E-state index contributed by atoms with van der Waals surface area (Å²) in [5, 5.41) is 0. The summed E-state index contributed by atoms with van der Waals surface area (Å²) in [6.07, 6.45) is 5.63. The molecule has 0 N–H and O–H groups in total. The highest BCUT2D eigenvalue weighted by Crippen LogP contribution is 2.27. The van der Waals surface area contributed by atoms with Crippen molar-refractivity contribution in [3.8, 4) is 5.75 Å². The summed E-state index contributed by atoms with van der Waals surface area (Å²) in [6, 6.07) is 5.91. The Labute approximate surface area is 163 Å². The van der Waals surface area contributed by atoms with Crippen LogP contribution < -0.4 is 4.74 Å². The molecule has 5 nitrogen and oxygen atoms in total. The molecule has 6 heteroatoms. The molecule has 0 spiro atoms. The van der Waals surface area contributed by atoms with Crippen molar-refractivity contribution in [2.24, 2.45) is 5.92 Å². The van der Waals surface area contributed by atoms with Crippen LogP contribution >= 0.6 is 15.9 Å². The molecule has 1 aromatic carbocycles. The van der Waals surface area contributed by atoms with E-state index in [-0.39, 0.29) is 11.8 Å². The summed E-state index contributed by atoms with van der Waals surface area (Å²) in [6.45, 7) is 2.66. The molecule has 0 bridgehead atoms. The lowest BCUT2D eigenvalue weighted by Crippen LogP contribution is -2.51. The predicted octanol–water partition coefficient (Wildman–Crippen LogP) is 3.25. The van der Waals surface area contributed by atoms with E-state index in [4.69, 9.17) is 4.74 Å². The summed E-state index contributed by atoms with van der Waals surface area (Å²) in [7, 11) is 1.64. The molecule has 1 aromatic rings. The van der Waals surface area contributed by atoms with Crippen molar-refractivity contribution >= 4 is 27.7 Å². The minimum absolute atomic E-state index is 0.171. The van der Waals surface area contributed by atoms with Crippen molar-refractivity contribution < 1.29 is 14.3 Å². The number of hydrogen-bond acceptors (Lipinski definition) is 3. The van der Waals surface area contributed by atoms with Crippen molar-refractivity contribution in [2.45, 2.75) is 38.5 Å². The van der Waals surface area contributed by atoms with E-state index >= 15 is 0 Å². The lowest BCUT2D eigenvalue weighted by molar-refractivity contribution is -0.142. The zero-order valence-corrected chi connectivity index (χ0v) is 17.0. The third-order valence-corrected chi connectivity index (χ3v) is 6.11. The lowest BCUT2D eigenvalue weighted by atomic mass is 10.1. The van der Waals surface area contributed by atoms with Crippen LogP contribution in [0, 0.1) is 5.92 Å². The molecular weight excluding hydrogens is 396 g/mol. The summed E-state index contributed by atoms with van der Waals surface area (Å²) >= 11 is 3.48. The summed E-state index contributed by atoms with van der Waals surface area (Å²) < 4.78 is 6.14. The van der Waals surface area contributed by atoms with Crippen LogP contribution in [0.1, 0.15) is 37.7 Å². The second-order valence-corrected chi connectivity index (χ2v) is 8.01. The Kier molecular flexibility index (Phi) is 6.57. The zero-order valence-electron chi connectivity index (χ0n) is 15.4. The van der Waals surface area contributed by atoms with Crippen LogP contribution in [0.4, 0.5) is 0 Å². The second-order valence-electron chi connectivity index (χ2n) is 7.16. The van der Waals surface area contributed by atoms with E-state index in [9.17, 15) is 9.59 Å². The van der Waals surface area contributed by atoms with Crippen molar-refractivity contribution in [1.82, 2.24) is 9.80 Å². The van der Waals surface area contributed by atoms with Crippen molar-refractivity contribution in [3.63, 3.8) is 0 Å². The molecular formula is C20H27BrN2O3. The van der Waals surface area contributed by atoms with E-state index in [1.165, 1.54) is 12.8 Å². The van der Waals surface area contributed by atoms with E-state index in [1.807, 2.05) is 28.0 Å². The Bertz CT molecular complexity index is 650. The first-order valence-corrected chi connectivity index (χ1v) is 10.3. The predicted molar refractivity (Wildman–Crippen MR) is 104 cm³/mol. The quantitative estimate of drug-likeness (QED) is 0.731. The van der Waals surface area contributed by atoms with E-state index in [2.05, 4.69) is 15.9 Å². The first-order chi connectivity index (χ1) is 12.6. The zero-order chi connectivity index (χ0) is 18.5. The maximum Gasteiger partial charge on any atom is 0.225 e. The van der Waals surface area contributed by atoms with Crippen LogP contribution in [0.5, 0.6) is 5.75 Å². The van der Waals surface area contributed by atoms with Crippen LogP contribution in [0.15, 0.2) is 22.7 Å².